The quantitative estimate of drug-likeness (QED) is 0.781. The number of carbonyl (C=O) groups excluding carboxylic acids is 1. The summed E-state index contributed by atoms with van der Waals surface area (Å²) in [5.74, 6) is -0.191. The molecule has 0 saturated carbocycles. The summed E-state index contributed by atoms with van der Waals surface area (Å²) in [5.41, 5.74) is 2.57. The highest BCUT2D eigenvalue weighted by Gasteiger charge is 2.21. The summed E-state index contributed by atoms with van der Waals surface area (Å²) in [4.78, 5) is 14.2. The molecule has 1 amide bonds. The molecule has 23 heavy (non-hydrogen) atoms. The number of hydrogen-bond donors (Lipinski definition) is 1. The van der Waals surface area contributed by atoms with Gasteiger partial charge in [0, 0.05) is 25.4 Å². The summed E-state index contributed by atoms with van der Waals surface area (Å²) in [6.07, 6.45) is 1.90. The summed E-state index contributed by atoms with van der Waals surface area (Å²) in [6, 6.07) is 11.4. The summed E-state index contributed by atoms with van der Waals surface area (Å²) in [6.45, 7) is 3.25. The van der Waals surface area contributed by atoms with Crippen LogP contribution in [0.5, 0.6) is 0 Å². The van der Waals surface area contributed by atoms with Crippen LogP contribution in [-0.2, 0) is 13.1 Å². The predicted molar refractivity (Wildman–Crippen MR) is 85.5 cm³/mol. The van der Waals surface area contributed by atoms with E-state index in [1.165, 1.54) is 0 Å². The Labute approximate surface area is 133 Å². The van der Waals surface area contributed by atoms with Gasteiger partial charge < -0.3 is 4.90 Å². The first-order valence-corrected chi connectivity index (χ1v) is 7.43. The third-order valence-corrected chi connectivity index (χ3v) is 3.56. The van der Waals surface area contributed by atoms with Crippen molar-refractivity contribution in [3.63, 3.8) is 0 Å². The number of benzene rings is 1. The van der Waals surface area contributed by atoms with Crippen molar-refractivity contribution < 1.29 is 4.79 Å². The van der Waals surface area contributed by atoms with Crippen LogP contribution in [0.15, 0.2) is 42.6 Å². The molecule has 0 aliphatic carbocycles. The zero-order valence-electron chi connectivity index (χ0n) is 13.1. The highest BCUT2D eigenvalue weighted by atomic mass is 16.2. The van der Waals surface area contributed by atoms with Gasteiger partial charge in [-0.1, -0.05) is 30.3 Å². The van der Waals surface area contributed by atoms with Crippen molar-refractivity contribution in [2.45, 2.75) is 20.0 Å². The molecule has 1 aromatic carbocycles. The fourth-order valence-corrected chi connectivity index (χ4v) is 2.34. The number of H-pyrrole nitrogens is 1. The van der Waals surface area contributed by atoms with Gasteiger partial charge in [0.2, 0.25) is 0 Å². The van der Waals surface area contributed by atoms with Crippen molar-refractivity contribution in [2.24, 2.45) is 0 Å². The first kappa shape index (κ1) is 15.0. The largest absolute Gasteiger partial charge is 0.334 e. The van der Waals surface area contributed by atoms with E-state index in [-0.39, 0.29) is 5.91 Å². The molecule has 118 valence electrons. The number of hydrogen-bond acceptors (Lipinski definition) is 4. The Morgan fingerprint density at radius 3 is 2.70 bits per heavy atom. The molecule has 3 aromatic rings. The van der Waals surface area contributed by atoms with Gasteiger partial charge in [-0.2, -0.15) is 20.5 Å². The smallest absolute Gasteiger partial charge is 0.276 e. The fraction of sp³-hybridized carbons (Fsp3) is 0.250. The summed E-state index contributed by atoms with van der Waals surface area (Å²) in [5, 5.41) is 15.1. The zero-order valence-corrected chi connectivity index (χ0v) is 13.1. The molecule has 0 radical (unpaired) electrons. The lowest BCUT2D eigenvalue weighted by Crippen LogP contribution is -2.27. The highest BCUT2D eigenvalue weighted by Crippen LogP contribution is 2.20. The van der Waals surface area contributed by atoms with Gasteiger partial charge in [0.15, 0.2) is 5.69 Å². The lowest BCUT2D eigenvalue weighted by atomic mass is 10.1. The Hall–Kier alpha value is -2.96. The molecule has 0 fully saturated rings. The van der Waals surface area contributed by atoms with Gasteiger partial charge in [-0.3, -0.25) is 9.48 Å². The van der Waals surface area contributed by atoms with Gasteiger partial charge in [-0.15, -0.1) is 0 Å². The topological polar surface area (TPSA) is 79.7 Å². The Morgan fingerprint density at radius 1 is 1.22 bits per heavy atom. The number of aromatic amines is 1. The summed E-state index contributed by atoms with van der Waals surface area (Å²) >= 11 is 0. The Kier molecular flexibility index (Phi) is 4.18. The van der Waals surface area contributed by atoms with E-state index in [4.69, 9.17) is 0 Å². The van der Waals surface area contributed by atoms with Crippen LogP contribution in [0.4, 0.5) is 0 Å². The van der Waals surface area contributed by atoms with E-state index in [0.717, 1.165) is 17.8 Å². The molecule has 0 aliphatic rings. The van der Waals surface area contributed by atoms with Crippen LogP contribution in [0.1, 0.15) is 23.1 Å². The number of amides is 1. The Bertz CT molecular complexity index is 792. The number of nitrogens with zero attached hydrogens (tertiary/aromatic N) is 5. The van der Waals surface area contributed by atoms with Crippen LogP contribution in [-0.4, -0.2) is 43.0 Å². The van der Waals surface area contributed by atoms with Crippen LogP contribution in [0.3, 0.4) is 0 Å². The minimum atomic E-state index is -0.191. The lowest BCUT2D eigenvalue weighted by Gasteiger charge is -2.14. The zero-order chi connectivity index (χ0) is 16.2. The van der Waals surface area contributed by atoms with E-state index in [0.29, 0.717) is 17.9 Å². The molecule has 3 rings (SSSR count). The van der Waals surface area contributed by atoms with Gasteiger partial charge in [0.25, 0.3) is 5.91 Å². The fourth-order valence-electron chi connectivity index (χ4n) is 2.34. The van der Waals surface area contributed by atoms with E-state index in [1.54, 1.807) is 11.9 Å². The molecule has 0 spiro atoms. The van der Waals surface area contributed by atoms with Crippen molar-refractivity contribution in [1.82, 2.24) is 30.1 Å². The molecule has 7 nitrogen and oxygen atoms in total. The van der Waals surface area contributed by atoms with Gasteiger partial charge in [0.05, 0.1) is 12.2 Å². The van der Waals surface area contributed by atoms with Crippen molar-refractivity contribution in [3.05, 3.63) is 54.0 Å². The summed E-state index contributed by atoms with van der Waals surface area (Å²) < 4.78 is 1.83. The molecule has 0 bridgehead atoms. The SMILES string of the molecule is CCn1ccc(CN(C)C(=O)c2n[nH]nc2-c2ccccc2)n1. The van der Waals surface area contributed by atoms with E-state index in [1.807, 2.05) is 54.2 Å². The highest BCUT2D eigenvalue weighted by molar-refractivity contribution is 5.97. The first-order valence-electron chi connectivity index (χ1n) is 7.43. The maximum atomic E-state index is 12.6. The molecule has 0 unspecified atom stereocenters. The van der Waals surface area contributed by atoms with Crippen LogP contribution in [0.25, 0.3) is 11.3 Å². The van der Waals surface area contributed by atoms with Crippen molar-refractivity contribution in [2.75, 3.05) is 7.05 Å². The average molecular weight is 310 g/mol. The first-order chi connectivity index (χ1) is 11.2. The Morgan fingerprint density at radius 2 is 2.00 bits per heavy atom. The van der Waals surface area contributed by atoms with Crippen molar-refractivity contribution in [3.8, 4) is 11.3 Å². The van der Waals surface area contributed by atoms with E-state index < -0.39 is 0 Å². The number of nitrogens with one attached hydrogen (secondary N) is 1. The molecular weight excluding hydrogens is 292 g/mol. The van der Waals surface area contributed by atoms with Gasteiger partial charge in [-0.05, 0) is 13.0 Å². The van der Waals surface area contributed by atoms with E-state index in [2.05, 4.69) is 20.5 Å². The normalized spacial score (nSPS) is 10.7. The standard InChI is InChI=1S/C16H18N6O/c1-3-22-10-9-13(19-22)11-21(2)16(23)15-14(17-20-18-15)12-7-5-4-6-8-12/h4-10H,3,11H2,1-2H3,(H,17,18,20). The molecule has 2 aromatic heterocycles. The molecule has 0 saturated heterocycles. The van der Waals surface area contributed by atoms with E-state index in [9.17, 15) is 4.79 Å². The van der Waals surface area contributed by atoms with Gasteiger partial charge in [-0.25, -0.2) is 0 Å². The van der Waals surface area contributed by atoms with Crippen molar-refractivity contribution in [1.29, 1.82) is 0 Å². The van der Waals surface area contributed by atoms with Crippen molar-refractivity contribution >= 4 is 5.91 Å². The van der Waals surface area contributed by atoms with Gasteiger partial charge >= 0.3 is 0 Å². The molecule has 2 heterocycles. The molecule has 1 N–H and O–H groups in total. The summed E-state index contributed by atoms with van der Waals surface area (Å²) in [7, 11) is 1.73. The van der Waals surface area contributed by atoms with Crippen LogP contribution >= 0.6 is 0 Å². The second-order valence-corrected chi connectivity index (χ2v) is 5.21. The number of carbonyl (C=O) groups is 1. The maximum Gasteiger partial charge on any atom is 0.276 e. The second-order valence-electron chi connectivity index (χ2n) is 5.21. The van der Waals surface area contributed by atoms with Gasteiger partial charge in [0.1, 0.15) is 5.69 Å². The van der Waals surface area contributed by atoms with Crippen LogP contribution in [0.2, 0.25) is 0 Å². The van der Waals surface area contributed by atoms with E-state index >= 15 is 0 Å². The molecular formula is C16H18N6O. The minimum absolute atomic E-state index is 0.191. The lowest BCUT2D eigenvalue weighted by molar-refractivity contribution is 0.0778. The molecule has 7 heteroatoms. The maximum absolute atomic E-state index is 12.6. The Balaban J connectivity index is 1.79. The number of aromatic nitrogens is 5. The number of rotatable bonds is 5. The molecule has 0 aliphatic heterocycles. The third kappa shape index (κ3) is 3.13. The number of aryl methyl sites for hydroxylation is 1. The third-order valence-electron chi connectivity index (χ3n) is 3.56. The predicted octanol–water partition coefficient (Wildman–Crippen LogP) is 1.96. The van der Waals surface area contributed by atoms with Crippen LogP contribution in [0, 0.1) is 0 Å². The minimum Gasteiger partial charge on any atom is -0.334 e. The molecule has 0 atom stereocenters. The monoisotopic (exact) mass is 310 g/mol. The average Bonchev–Trinajstić information content (AvgIpc) is 3.24. The second kappa shape index (κ2) is 6.43. The van der Waals surface area contributed by atoms with Crippen LogP contribution < -0.4 is 0 Å².